The predicted molar refractivity (Wildman–Crippen MR) is 94.6 cm³/mol. The van der Waals surface area contributed by atoms with Crippen LogP contribution in [0.1, 0.15) is 32.3 Å². The van der Waals surface area contributed by atoms with Gasteiger partial charge in [-0.2, -0.15) is 0 Å². The summed E-state index contributed by atoms with van der Waals surface area (Å²) >= 11 is 6.10. The number of halogens is 2. The van der Waals surface area contributed by atoms with E-state index in [1.165, 1.54) is 6.42 Å². The Bertz CT molecular complexity index is 383. The van der Waals surface area contributed by atoms with Crippen LogP contribution >= 0.6 is 35.6 Å². The molecule has 0 bridgehead atoms. The Morgan fingerprint density at radius 3 is 2.58 bits per heavy atom. The average Bonchev–Trinajstić information content (AvgIpc) is 2.38. The van der Waals surface area contributed by atoms with E-state index < -0.39 is 0 Å². The Hall–Kier alpha value is -0.490. The minimum absolute atomic E-state index is 0. The van der Waals surface area contributed by atoms with E-state index in [1.807, 2.05) is 24.3 Å². The van der Waals surface area contributed by atoms with Gasteiger partial charge >= 0.3 is 0 Å². The first-order valence-corrected chi connectivity index (χ1v) is 6.91. The van der Waals surface area contributed by atoms with Gasteiger partial charge in [0, 0.05) is 18.1 Å². The van der Waals surface area contributed by atoms with Gasteiger partial charge in [0.2, 0.25) is 0 Å². The molecule has 5 heteroatoms. The van der Waals surface area contributed by atoms with Crippen molar-refractivity contribution >= 4 is 41.5 Å². The third-order valence-corrected chi connectivity index (χ3v) is 2.90. The maximum atomic E-state index is 6.10. The van der Waals surface area contributed by atoms with E-state index >= 15 is 0 Å². The smallest absolute Gasteiger partial charge is 0.191 e. The normalized spacial score (nSPS) is 10.8. The van der Waals surface area contributed by atoms with Crippen LogP contribution in [0.4, 0.5) is 0 Å². The molecule has 1 aromatic rings. The molecule has 0 aliphatic heterocycles. The molecule has 0 aromatic heterocycles. The second-order valence-corrected chi connectivity index (χ2v) is 4.47. The number of benzene rings is 1. The molecule has 1 aromatic carbocycles. The molecule has 1 rings (SSSR count). The molecule has 3 nitrogen and oxygen atoms in total. The Morgan fingerprint density at radius 1 is 1.21 bits per heavy atom. The third-order valence-electron chi connectivity index (χ3n) is 2.53. The first kappa shape index (κ1) is 18.5. The lowest BCUT2D eigenvalue weighted by molar-refractivity contribution is 0.730. The van der Waals surface area contributed by atoms with Gasteiger partial charge in [0.15, 0.2) is 5.96 Å². The minimum atomic E-state index is 0. The van der Waals surface area contributed by atoms with Crippen LogP contribution in [-0.4, -0.2) is 19.0 Å². The fraction of sp³-hybridized carbons (Fsp3) is 0.500. The highest BCUT2D eigenvalue weighted by Crippen LogP contribution is 2.15. The van der Waals surface area contributed by atoms with E-state index in [9.17, 15) is 0 Å². The molecule has 19 heavy (non-hydrogen) atoms. The number of guanidine groups is 1. The van der Waals surface area contributed by atoms with Gasteiger partial charge in [0.1, 0.15) is 0 Å². The molecule has 0 saturated carbocycles. The molecule has 0 unspecified atom stereocenters. The molecule has 0 spiro atoms. The van der Waals surface area contributed by atoms with Gasteiger partial charge in [0.05, 0.1) is 6.54 Å². The fourth-order valence-electron chi connectivity index (χ4n) is 1.52. The highest BCUT2D eigenvalue weighted by molar-refractivity contribution is 14.0. The number of nitrogens with zero attached hydrogens (tertiary/aromatic N) is 1. The summed E-state index contributed by atoms with van der Waals surface area (Å²) in [6.07, 6.45) is 2.33. The molecular formula is C14H23ClIN3. The Labute approximate surface area is 138 Å². The molecule has 0 radical (unpaired) electrons. The summed E-state index contributed by atoms with van der Waals surface area (Å²) in [5.41, 5.74) is 1.05. The first-order valence-electron chi connectivity index (χ1n) is 6.53. The van der Waals surface area contributed by atoms with Crippen LogP contribution in [0, 0.1) is 0 Å². The fourth-order valence-corrected chi connectivity index (χ4v) is 1.71. The van der Waals surface area contributed by atoms with Crippen molar-refractivity contribution < 1.29 is 0 Å². The SMILES string of the molecule is CCCCNC(=NCc1ccccc1Cl)NCC.I. The average molecular weight is 396 g/mol. The Kier molecular flexibility index (Phi) is 11.1. The lowest BCUT2D eigenvalue weighted by atomic mass is 10.2. The summed E-state index contributed by atoms with van der Waals surface area (Å²) in [6, 6.07) is 7.81. The summed E-state index contributed by atoms with van der Waals surface area (Å²) in [5.74, 6) is 0.853. The zero-order chi connectivity index (χ0) is 13.2. The lowest BCUT2D eigenvalue weighted by Gasteiger charge is -2.11. The zero-order valence-electron chi connectivity index (χ0n) is 11.6. The Morgan fingerprint density at radius 2 is 1.95 bits per heavy atom. The summed E-state index contributed by atoms with van der Waals surface area (Å²) in [6.45, 7) is 6.65. The lowest BCUT2D eigenvalue weighted by Crippen LogP contribution is -2.37. The first-order chi connectivity index (χ1) is 8.77. The maximum Gasteiger partial charge on any atom is 0.191 e. The van der Waals surface area contributed by atoms with Crippen LogP contribution in [0.3, 0.4) is 0 Å². The van der Waals surface area contributed by atoms with Gasteiger partial charge in [-0.1, -0.05) is 43.1 Å². The molecular weight excluding hydrogens is 373 g/mol. The standard InChI is InChI=1S/C14H22ClN3.HI/c1-3-5-10-17-14(16-4-2)18-11-12-8-6-7-9-13(12)15;/h6-9H,3-5,10-11H2,1-2H3,(H2,16,17,18);1H. The third kappa shape index (κ3) is 7.62. The van der Waals surface area contributed by atoms with Crippen LogP contribution in [0.5, 0.6) is 0 Å². The predicted octanol–water partition coefficient (Wildman–Crippen LogP) is 3.81. The molecule has 0 heterocycles. The minimum Gasteiger partial charge on any atom is -0.357 e. The highest BCUT2D eigenvalue weighted by atomic mass is 127. The van der Waals surface area contributed by atoms with Gasteiger partial charge in [-0.15, -0.1) is 24.0 Å². The van der Waals surface area contributed by atoms with Crippen molar-refractivity contribution in [1.29, 1.82) is 0 Å². The molecule has 0 amide bonds. The van der Waals surface area contributed by atoms with E-state index in [0.29, 0.717) is 6.54 Å². The topological polar surface area (TPSA) is 36.4 Å². The van der Waals surface area contributed by atoms with E-state index in [2.05, 4.69) is 29.5 Å². The second kappa shape index (κ2) is 11.3. The van der Waals surface area contributed by atoms with Gasteiger partial charge in [0.25, 0.3) is 0 Å². The molecule has 108 valence electrons. The van der Waals surface area contributed by atoms with Crippen LogP contribution in [0.15, 0.2) is 29.3 Å². The zero-order valence-corrected chi connectivity index (χ0v) is 14.7. The van der Waals surface area contributed by atoms with Crippen molar-refractivity contribution in [2.75, 3.05) is 13.1 Å². The van der Waals surface area contributed by atoms with Crippen molar-refractivity contribution in [3.63, 3.8) is 0 Å². The highest BCUT2D eigenvalue weighted by Gasteiger charge is 1.99. The largest absolute Gasteiger partial charge is 0.357 e. The summed E-state index contributed by atoms with van der Waals surface area (Å²) < 4.78 is 0. The van der Waals surface area contributed by atoms with Crippen molar-refractivity contribution in [1.82, 2.24) is 10.6 Å². The molecule has 0 aliphatic rings. The molecule has 0 aliphatic carbocycles. The van der Waals surface area contributed by atoms with E-state index in [1.54, 1.807) is 0 Å². The van der Waals surface area contributed by atoms with Crippen LogP contribution in [0.25, 0.3) is 0 Å². The van der Waals surface area contributed by atoms with E-state index in [-0.39, 0.29) is 24.0 Å². The van der Waals surface area contributed by atoms with Crippen molar-refractivity contribution in [2.45, 2.75) is 33.2 Å². The number of hydrogen-bond acceptors (Lipinski definition) is 1. The van der Waals surface area contributed by atoms with Gasteiger partial charge < -0.3 is 10.6 Å². The van der Waals surface area contributed by atoms with Crippen LogP contribution in [0.2, 0.25) is 5.02 Å². The van der Waals surface area contributed by atoms with Gasteiger partial charge in [-0.05, 0) is 25.0 Å². The molecule has 0 saturated heterocycles. The van der Waals surface area contributed by atoms with Crippen molar-refractivity contribution in [3.8, 4) is 0 Å². The van der Waals surface area contributed by atoms with Crippen molar-refractivity contribution in [3.05, 3.63) is 34.9 Å². The number of rotatable bonds is 6. The number of unbranched alkanes of at least 4 members (excludes halogenated alkanes) is 1. The summed E-state index contributed by atoms with van der Waals surface area (Å²) in [5, 5.41) is 7.30. The molecule has 0 atom stereocenters. The van der Waals surface area contributed by atoms with Crippen LogP contribution in [-0.2, 0) is 6.54 Å². The van der Waals surface area contributed by atoms with Gasteiger partial charge in [-0.25, -0.2) is 4.99 Å². The monoisotopic (exact) mass is 395 g/mol. The number of aliphatic imine (C=N–C) groups is 1. The van der Waals surface area contributed by atoms with Gasteiger partial charge in [-0.3, -0.25) is 0 Å². The summed E-state index contributed by atoms with van der Waals surface area (Å²) in [4.78, 5) is 4.53. The quantitative estimate of drug-likeness (QED) is 0.332. The second-order valence-electron chi connectivity index (χ2n) is 4.07. The van der Waals surface area contributed by atoms with Crippen LogP contribution < -0.4 is 10.6 Å². The number of hydrogen-bond donors (Lipinski definition) is 2. The Balaban J connectivity index is 0.00000324. The van der Waals surface area contributed by atoms with E-state index in [4.69, 9.17) is 11.6 Å². The summed E-state index contributed by atoms with van der Waals surface area (Å²) in [7, 11) is 0. The number of nitrogens with one attached hydrogen (secondary N) is 2. The molecule has 2 N–H and O–H groups in total. The molecule has 0 fully saturated rings. The maximum absolute atomic E-state index is 6.10. The van der Waals surface area contributed by atoms with Crippen molar-refractivity contribution in [2.24, 2.45) is 4.99 Å². The van der Waals surface area contributed by atoms with E-state index in [0.717, 1.165) is 36.1 Å².